The molecule has 2 aromatic rings. The van der Waals surface area contributed by atoms with Crippen LogP contribution in [0.2, 0.25) is 0 Å². The molecule has 126 valence electrons. The molecule has 24 heavy (non-hydrogen) atoms. The van der Waals surface area contributed by atoms with Gasteiger partial charge in [0.2, 0.25) is 0 Å². The number of benzene rings is 2. The Labute approximate surface area is 135 Å². The highest BCUT2D eigenvalue weighted by Crippen LogP contribution is 2.20. The predicted molar refractivity (Wildman–Crippen MR) is 80.3 cm³/mol. The Hall–Kier alpha value is -3.23. The van der Waals surface area contributed by atoms with Crippen LogP contribution in [-0.2, 0) is 4.79 Å². The number of rotatable bonds is 7. The van der Waals surface area contributed by atoms with Gasteiger partial charge in [-0.25, -0.2) is 0 Å². The molecule has 0 aliphatic carbocycles. The van der Waals surface area contributed by atoms with Crippen molar-refractivity contribution in [1.29, 1.82) is 0 Å². The maximum Gasteiger partial charge on any atom is 0.387 e. The van der Waals surface area contributed by atoms with Crippen LogP contribution in [-0.4, -0.2) is 24.0 Å². The van der Waals surface area contributed by atoms with E-state index in [2.05, 4.69) is 10.1 Å². The zero-order chi connectivity index (χ0) is 17.5. The Morgan fingerprint density at radius 3 is 2.50 bits per heavy atom. The number of nitrogens with one attached hydrogen (secondary N) is 1. The van der Waals surface area contributed by atoms with E-state index in [4.69, 9.17) is 4.74 Å². The molecule has 0 bridgehead atoms. The first-order chi connectivity index (χ1) is 11.4. The number of hydrogen-bond donors (Lipinski definition) is 1. The molecule has 0 saturated carbocycles. The van der Waals surface area contributed by atoms with Gasteiger partial charge in [-0.3, -0.25) is 14.9 Å². The number of carbonyl (C=O) groups excluding carboxylic acids is 1. The van der Waals surface area contributed by atoms with Crippen LogP contribution >= 0.6 is 0 Å². The number of alkyl halides is 2. The standard InChI is InChI=1S/C15H12F2N2O5/c16-15(17)24-12-6-4-10(5-7-12)18-14(20)9-23-13-3-1-2-11(8-13)19(21)22/h1-8,15H,9H2,(H,18,20). The highest BCUT2D eigenvalue weighted by molar-refractivity contribution is 5.91. The zero-order valence-corrected chi connectivity index (χ0v) is 12.1. The summed E-state index contributed by atoms with van der Waals surface area (Å²) < 4.78 is 33.4. The molecule has 1 N–H and O–H groups in total. The molecular formula is C15H12F2N2O5. The number of nitrogens with zero attached hydrogens (tertiary/aromatic N) is 1. The van der Waals surface area contributed by atoms with Gasteiger partial charge in [-0.2, -0.15) is 8.78 Å². The Morgan fingerprint density at radius 1 is 1.17 bits per heavy atom. The van der Waals surface area contributed by atoms with Crippen LogP contribution in [0.1, 0.15) is 0 Å². The van der Waals surface area contributed by atoms with Gasteiger partial charge >= 0.3 is 6.61 Å². The highest BCUT2D eigenvalue weighted by Gasteiger charge is 2.09. The van der Waals surface area contributed by atoms with Gasteiger partial charge in [0.05, 0.1) is 11.0 Å². The summed E-state index contributed by atoms with van der Waals surface area (Å²) in [6.07, 6.45) is 0. The van der Waals surface area contributed by atoms with Gasteiger partial charge in [-0.15, -0.1) is 0 Å². The molecule has 0 spiro atoms. The largest absolute Gasteiger partial charge is 0.484 e. The normalized spacial score (nSPS) is 10.3. The number of amides is 1. The number of carbonyl (C=O) groups is 1. The van der Waals surface area contributed by atoms with Crippen LogP contribution < -0.4 is 14.8 Å². The molecule has 2 rings (SSSR count). The minimum absolute atomic E-state index is 0.0316. The first-order valence-corrected chi connectivity index (χ1v) is 6.66. The fourth-order valence-corrected chi connectivity index (χ4v) is 1.75. The number of nitro benzene ring substituents is 1. The summed E-state index contributed by atoms with van der Waals surface area (Å²) >= 11 is 0. The third-order valence-electron chi connectivity index (χ3n) is 2.76. The lowest BCUT2D eigenvalue weighted by Crippen LogP contribution is -2.20. The molecule has 0 heterocycles. The quantitative estimate of drug-likeness (QED) is 0.618. The molecule has 0 saturated heterocycles. The maximum absolute atomic E-state index is 12.0. The van der Waals surface area contributed by atoms with E-state index < -0.39 is 17.4 Å². The van der Waals surface area contributed by atoms with E-state index in [9.17, 15) is 23.7 Å². The van der Waals surface area contributed by atoms with Crippen molar-refractivity contribution in [2.75, 3.05) is 11.9 Å². The Morgan fingerprint density at radius 2 is 1.88 bits per heavy atom. The lowest BCUT2D eigenvalue weighted by Gasteiger charge is -2.08. The van der Waals surface area contributed by atoms with Crippen molar-refractivity contribution in [2.24, 2.45) is 0 Å². The summed E-state index contributed by atoms with van der Waals surface area (Å²) in [6, 6.07) is 10.8. The highest BCUT2D eigenvalue weighted by atomic mass is 19.3. The van der Waals surface area contributed by atoms with E-state index >= 15 is 0 Å². The van der Waals surface area contributed by atoms with Gasteiger partial charge in [0, 0.05) is 11.8 Å². The van der Waals surface area contributed by atoms with E-state index in [1.54, 1.807) is 0 Å². The molecule has 0 aromatic heterocycles. The first-order valence-electron chi connectivity index (χ1n) is 6.66. The third kappa shape index (κ3) is 5.20. The second-order valence-corrected chi connectivity index (χ2v) is 4.49. The topological polar surface area (TPSA) is 90.7 Å². The first kappa shape index (κ1) is 17.1. The third-order valence-corrected chi connectivity index (χ3v) is 2.76. The predicted octanol–water partition coefficient (Wildman–Crippen LogP) is 3.21. The second kappa shape index (κ2) is 7.86. The Bertz CT molecular complexity index is 722. The van der Waals surface area contributed by atoms with Gasteiger partial charge in [0.25, 0.3) is 11.6 Å². The molecule has 0 radical (unpaired) electrons. The van der Waals surface area contributed by atoms with Gasteiger partial charge in [-0.1, -0.05) is 6.07 Å². The number of ether oxygens (including phenoxy) is 2. The van der Waals surface area contributed by atoms with Crippen molar-refractivity contribution in [3.63, 3.8) is 0 Å². The fraction of sp³-hybridized carbons (Fsp3) is 0.133. The zero-order valence-electron chi connectivity index (χ0n) is 12.1. The summed E-state index contributed by atoms with van der Waals surface area (Å²) in [5.74, 6) is -0.361. The molecule has 0 aliphatic rings. The van der Waals surface area contributed by atoms with Crippen LogP contribution in [0.25, 0.3) is 0 Å². The molecule has 9 heteroatoms. The summed E-state index contributed by atoms with van der Waals surface area (Å²) in [4.78, 5) is 21.8. The smallest absolute Gasteiger partial charge is 0.387 e. The summed E-state index contributed by atoms with van der Waals surface area (Å²) in [5, 5.41) is 13.1. The van der Waals surface area contributed by atoms with E-state index in [0.717, 1.165) is 0 Å². The van der Waals surface area contributed by atoms with Gasteiger partial charge in [0.1, 0.15) is 11.5 Å². The Balaban J connectivity index is 1.87. The van der Waals surface area contributed by atoms with E-state index in [-0.39, 0.29) is 23.8 Å². The minimum atomic E-state index is -2.92. The van der Waals surface area contributed by atoms with Gasteiger partial charge in [0.15, 0.2) is 6.61 Å². The molecule has 0 aliphatic heterocycles. The summed E-state index contributed by atoms with van der Waals surface area (Å²) in [6.45, 7) is -3.29. The van der Waals surface area contributed by atoms with E-state index in [1.165, 1.54) is 48.5 Å². The number of halogens is 2. The van der Waals surface area contributed by atoms with Crippen LogP contribution in [0.4, 0.5) is 20.2 Å². The second-order valence-electron chi connectivity index (χ2n) is 4.49. The van der Waals surface area contributed by atoms with Crippen LogP contribution in [0.3, 0.4) is 0 Å². The van der Waals surface area contributed by atoms with E-state index in [0.29, 0.717) is 5.69 Å². The number of non-ortho nitro benzene ring substituents is 1. The van der Waals surface area contributed by atoms with Crippen LogP contribution in [0, 0.1) is 10.1 Å². The SMILES string of the molecule is O=C(COc1cccc([N+](=O)[O-])c1)Nc1ccc(OC(F)F)cc1. The molecule has 0 fully saturated rings. The molecule has 0 unspecified atom stereocenters. The average Bonchev–Trinajstić information content (AvgIpc) is 2.54. The Kier molecular flexibility index (Phi) is 5.61. The van der Waals surface area contributed by atoms with Crippen molar-refractivity contribution in [3.8, 4) is 11.5 Å². The van der Waals surface area contributed by atoms with Crippen molar-refractivity contribution in [2.45, 2.75) is 6.61 Å². The lowest BCUT2D eigenvalue weighted by molar-refractivity contribution is -0.384. The van der Waals surface area contributed by atoms with Crippen molar-refractivity contribution >= 4 is 17.3 Å². The van der Waals surface area contributed by atoms with Crippen molar-refractivity contribution in [3.05, 3.63) is 58.6 Å². The van der Waals surface area contributed by atoms with Gasteiger partial charge in [-0.05, 0) is 30.3 Å². The maximum atomic E-state index is 12.0. The molecular weight excluding hydrogens is 326 g/mol. The van der Waals surface area contributed by atoms with Crippen LogP contribution in [0.15, 0.2) is 48.5 Å². The molecule has 2 aromatic carbocycles. The van der Waals surface area contributed by atoms with Crippen LogP contribution in [0.5, 0.6) is 11.5 Å². The number of nitro groups is 1. The molecule has 7 nitrogen and oxygen atoms in total. The minimum Gasteiger partial charge on any atom is -0.484 e. The van der Waals surface area contributed by atoms with Gasteiger partial charge < -0.3 is 14.8 Å². The van der Waals surface area contributed by atoms with Crippen molar-refractivity contribution < 1.29 is 28.0 Å². The molecule has 1 amide bonds. The monoisotopic (exact) mass is 338 g/mol. The number of hydrogen-bond acceptors (Lipinski definition) is 5. The summed E-state index contributed by atoms with van der Waals surface area (Å²) in [5.41, 5.74) is 0.215. The average molecular weight is 338 g/mol. The van der Waals surface area contributed by atoms with Crippen molar-refractivity contribution in [1.82, 2.24) is 0 Å². The fourth-order valence-electron chi connectivity index (χ4n) is 1.75. The number of anilines is 1. The molecule has 0 atom stereocenters. The lowest BCUT2D eigenvalue weighted by atomic mass is 10.3. The summed E-state index contributed by atoms with van der Waals surface area (Å²) in [7, 11) is 0. The van der Waals surface area contributed by atoms with E-state index in [1.807, 2.05) is 0 Å².